The highest BCUT2D eigenvalue weighted by Crippen LogP contribution is 2.14. The molecule has 0 radical (unpaired) electrons. The van der Waals surface area contributed by atoms with Gasteiger partial charge in [0.2, 0.25) is 0 Å². The van der Waals surface area contributed by atoms with Crippen molar-refractivity contribution >= 4 is 6.08 Å². The van der Waals surface area contributed by atoms with Crippen molar-refractivity contribution in [2.24, 2.45) is 0 Å². The molecule has 0 unspecified atom stereocenters. The van der Waals surface area contributed by atoms with Gasteiger partial charge in [-0.15, -0.1) is 0 Å². The Morgan fingerprint density at radius 3 is 3.44 bits per heavy atom. The molecule has 0 N–H and O–H groups in total. The van der Waals surface area contributed by atoms with E-state index in [1.165, 1.54) is 5.56 Å². The number of rotatable bonds is 0. The normalized spacial score (nSPS) is 12.9. The summed E-state index contributed by atoms with van der Waals surface area (Å²) in [6.45, 7) is 0. The molecule has 0 atom stereocenters. The molecule has 42 valence electrons. The highest BCUT2D eigenvalue weighted by molar-refractivity contribution is 5.54. The Morgan fingerprint density at radius 1 is 1.56 bits per heavy atom. The zero-order chi connectivity index (χ0) is 6.10. The largest absolute Gasteiger partial charge is 0.236 e. The summed E-state index contributed by atoms with van der Waals surface area (Å²) in [7, 11) is 0. The Kier molecular flexibility index (Phi) is 0.850. The lowest BCUT2D eigenvalue weighted by molar-refractivity contribution is 1.12. The standard InChI is InChI=1S/C8H6N/c1-3-7-4-2-6-9-8(7)5-1/h2-4,6H,5H2/q+1. The number of nitrogens with zero attached hydrogens (tertiary/aromatic N) is 1. The average molecular weight is 116 g/mol. The molecule has 0 aromatic carbocycles. The molecule has 0 aliphatic heterocycles. The van der Waals surface area contributed by atoms with Crippen molar-refractivity contribution < 1.29 is 0 Å². The molecule has 1 aromatic rings. The predicted molar refractivity (Wildman–Crippen MR) is 35.6 cm³/mol. The molecule has 9 heavy (non-hydrogen) atoms. The summed E-state index contributed by atoms with van der Waals surface area (Å²) in [5, 5.41) is 0. The molecule has 2 rings (SSSR count). The Labute approximate surface area is 54.1 Å². The minimum absolute atomic E-state index is 0.885. The van der Waals surface area contributed by atoms with Crippen LogP contribution in [0.3, 0.4) is 0 Å². The van der Waals surface area contributed by atoms with Crippen LogP contribution in [0, 0.1) is 6.08 Å². The number of hydrogen-bond acceptors (Lipinski definition) is 1. The second kappa shape index (κ2) is 1.64. The fourth-order valence-electron chi connectivity index (χ4n) is 0.987. The molecule has 1 nitrogen and oxygen atoms in total. The van der Waals surface area contributed by atoms with Gasteiger partial charge in [0.05, 0.1) is 6.08 Å². The summed E-state index contributed by atoms with van der Waals surface area (Å²) in [5.41, 5.74) is 2.37. The lowest BCUT2D eigenvalue weighted by Gasteiger charge is -1.82. The molecule has 0 amide bonds. The Bertz CT molecular complexity index is 250. The van der Waals surface area contributed by atoms with Gasteiger partial charge in [0.1, 0.15) is 12.0 Å². The third kappa shape index (κ3) is 0.628. The monoisotopic (exact) mass is 116 g/mol. The predicted octanol–water partition coefficient (Wildman–Crippen LogP) is 1.45. The quantitative estimate of drug-likeness (QED) is 0.467. The van der Waals surface area contributed by atoms with E-state index in [0.29, 0.717) is 0 Å². The van der Waals surface area contributed by atoms with Crippen molar-refractivity contribution in [1.82, 2.24) is 4.98 Å². The Morgan fingerprint density at radius 2 is 2.56 bits per heavy atom. The Balaban J connectivity index is 2.63. The van der Waals surface area contributed by atoms with Crippen LogP contribution < -0.4 is 0 Å². The minimum Gasteiger partial charge on any atom is -0.236 e. The summed E-state index contributed by atoms with van der Waals surface area (Å²) in [5.74, 6) is 0. The van der Waals surface area contributed by atoms with Gasteiger partial charge >= 0.3 is 0 Å². The maximum Gasteiger partial charge on any atom is 0.164 e. The van der Waals surface area contributed by atoms with Crippen molar-refractivity contribution in [3.05, 3.63) is 35.7 Å². The molecule has 1 aromatic heterocycles. The maximum absolute atomic E-state index is 4.17. The van der Waals surface area contributed by atoms with Gasteiger partial charge in [-0.1, -0.05) is 0 Å². The molecule has 0 fully saturated rings. The van der Waals surface area contributed by atoms with Crippen LogP contribution in [-0.4, -0.2) is 4.98 Å². The number of allylic oxidation sites excluding steroid dienone is 1. The van der Waals surface area contributed by atoms with E-state index in [0.717, 1.165) is 12.1 Å². The van der Waals surface area contributed by atoms with Crippen LogP contribution in [0.25, 0.3) is 6.08 Å². The van der Waals surface area contributed by atoms with E-state index in [9.17, 15) is 0 Å². The van der Waals surface area contributed by atoms with Gasteiger partial charge in [-0.25, -0.2) is 4.98 Å². The molecule has 1 heteroatoms. The van der Waals surface area contributed by atoms with Crippen LogP contribution in [0.15, 0.2) is 18.3 Å². The van der Waals surface area contributed by atoms with E-state index >= 15 is 0 Å². The molecule has 0 bridgehead atoms. The van der Waals surface area contributed by atoms with Crippen molar-refractivity contribution in [2.75, 3.05) is 0 Å². The first-order valence-electron chi connectivity index (χ1n) is 2.97. The van der Waals surface area contributed by atoms with Crippen LogP contribution in [0.4, 0.5) is 0 Å². The molecule has 0 saturated carbocycles. The molecule has 1 heterocycles. The lowest BCUT2D eigenvalue weighted by atomic mass is 10.2. The second-order valence-corrected chi connectivity index (χ2v) is 2.06. The number of pyridine rings is 1. The average Bonchev–Trinajstić information content (AvgIpc) is 2.33. The van der Waals surface area contributed by atoms with E-state index in [4.69, 9.17) is 0 Å². The summed E-state index contributed by atoms with van der Waals surface area (Å²) < 4.78 is 0. The molecular weight excluding hydrogens is 110 g/mol. The third-order valence-corrected chi connectivity index (χ3v) is 1.45. The third-order valence-electron chi connectivity index (χ3n) is 1.45. The molecule has 1 aliphatic carbocycles. The van der Waals surface area contributed by atoms with E-state index in [1.807, 2.05) is 18.3 Å². The first-order chi connectivity index (χ1) is 4.47. The lowest BCUT2D eigenvalue weighted by Crippen LogP contribution is -1.83. The number of hydrogen-bond donors (Lipinski definition) is 0. The first-order valence-corrected chi connectivity index (χ1v) is 2.97. The zero-order valence-corrected chi connectivity index (χ0v) is 4.96. The van der Waals surface area contributed by atoms with Crippen molar-refractivity contribution in [3.8, 4) is 0 Å². The fraction of sp³-hybridized carbons (Fsp3) is 0.125. The maximum atomic E-state index is 4.17. The molecule has 0 spiro atoms. The van der Waals surface area contributed by atoms with Gasteiger partial charge < -0.3 is 0 Å². The van der Waals surface area contributed by atoms with Gasteiger partial charge in [0, 0.05) is 12.3 Å². The molecule has 0 saturated heterocycles. The van der Waals surface area contributed by atoms with Crippen LogP contribution >= 0.6 is 0 Å². The van der Waals surface area contributed by atoms with Crippen LogP contribution in [0.5, 0.6) is 0 Å². The van der Waals surface area contributed by atoms with E-state index < -0.39 is 0 Å². The summed E-state index contributed by atoms with van der Waals surface area (Å²) in [6.07, 6.45) is 7.79. The van der Waals surface area contributed by atoms with E-state index in [2.05, 4.69) is 17.1 Å². The SMILES string of the molecule is [C+]1=Cc2cccnc2C1. The molecular formula is C8H6N+. The van der Waals surface area contributed by atoms with Gasteiger partial charge in [-0.2, -0.15) is 0 Å². The van der Waals surface area contributed by atoms with E-state index in [-0.39, 0.29) is 0 Å². The van der Waals surface area contributed by atoms with Crippen molar-refractivity contribution in [3.63, 3.8) is 0 Å². The Hall–Kier alpha value is -1.20. The zero-order valence-electron chi connectivity index (χ0n) is 4.96. The molecule has 1 aliphatic rings. The van der Waals surface area contributed by atoms with Crippen LogP contribution in [0.1, 0.15) is 11.3 Å². The minimum atomic E-state index is 0.885. The van der Waals surface area contributed by atoms with E-state index in [1.54, 1.807) is 0 Å². The number of aromatic nitrogens is 1. The van der Waals surface area contributed by atoms with Gasteiger partial charge in [0.15, 0.2) is 11.8 Å². The summed E-state index contributed by atoms with van der Waals surface area (Å²) in [4.78, 5) is 4.17. The smallest absolute Gasteiger partial charge is 0.164 e. The van der Waals surface area contributed by atoms with Crippen LogP contribution in [-0.2, 0) is 6.42 Å². The number of fused-ring (bicyclic) bond motifs is 1. The van der Waals surface area contributed by atoms with Crippen molar-refractivity contribution in [2.45, 2.75) is 6.42 Å². The topological polar surface area (TPSA) is 12.9 Å². The van der Waals surface area contributed by atoms with Gasteiger partial charge in [-0.05, 0) is 6.07 Å². The fourth-order valence-corrected chi connectivity index (χ4v) is 0.987. The summed E-state index contributed by atoms with van der Waals surface area (Å²) in [6, 6.07) is 4.00. The van der Waals surface area contributed by atoms with Gasteiger partial charge in [0.25, 0.3) is 0 Å². The first kappa shape index (κ1) is 4.66. The van der Waals surface area contributed by atoms with Gasteiger partial charge in [-0.3, -0.25) is 0 Å². The summed E-state index contributed by atoms with van der Waals surface area (Å²) >= 11 is 0. The van der Waals surface area contributed by atoms with Crippen LogP contribution in [0.2, 0.25) is 0 Å². The highest BCUT2D eigenvalue weighted by atomic mass is 14.7. The van der Waals surface area contributed by atoms with Crippen molar-refractivity contribution in [1.29, 1.82) is 0 Å². The second-order valence-electron chi connectivity index (χ2n) is 2.06. The highest BCUT2D eigenvalue weighted by Gasteiger charge is 2.14.